The second-order valence-electron chi connectivity index (χ2n) is 6.56. The molecule has 3 heterocycles. The monoisotopic (exact) mass is 402 g/mol. The molecule has 1 saturated heterocycles. The van der Waals surface area contributed by atoms with Crippen LogP contribution >= 0.6 is 0 Å². The summed E-state index contributed by atoms with van der Waals surface area (Å²) in [6.07, 6.45) is -2.80. The Hall–Kier alpha value is -2.69. The molecular weight excluding hydrogens is 384 g/mol. The van der Waals surface area contributed by atoms with Crippen LogP contribution in [0, 0.1) is 5.82 Å². The number of halogens is 4. The summed E-state index contributed by atoms with van der Waals surface area (Å²) in [7, 11) is 0. The highest BCUT2D eigenvalue weighted by molar-refractivity contribution is 5.92. The molecule has 2 aromatic rings. The van der Waals surface area contributed by atoms with Crippen molar-refractivity contribution in [3.63, 3.8) is 0 Å². The van der Waals surface area contributed by atoms with Crippen molar-refractivity contribution in [3.8, 4) is 0 Å². The van der Waals surface area contributed by atoms with Crippen molar-refractivity contribution in [2.24, 2.45) is 0 Å². The Kier molecular flexibility index (Phi) is 5.28. The van der Waals surface area contributed by atoms with Gasteiger partial charge < -0.3 is 19.9 Å². The maximum atomic E-state index is 14.6. The third-order valence-electron chi connectivity index (χ3n) is 4.63. The van der Waals surface area contributed by atoms with Crippen LogP contribution in [0.5, 0.6) is 0 Å². The van der Waals surface area contributed by atoms with Gasteiger partial charge in [0.05, 0.1) is 11.9 Å². The highest BCUT2D eigenvalue weighted by Gasteiger charge is 2.32. The summed E-state index contributed by atoms with van der Waals surface area (Å²) >= 11 is 0. The topological polar surface area (TPSA) is 87.5 Å². The van der Waals surface area contributed by atoms with Crippen LogP contribution < -0.4 is 15.6 Å². The fraction of sp³-hybridized carbons (Fsp3) is 0.471. The van der Waals surface area contributed by atoms with Crippen LogP contribution in [0.25, 0.3) is 11.0 Å². The van der Waals surface area contributed by atoms with Gasteiger partial charge in [-0.3, -0.25) is 4.79 Å². The molecule has 1 aliphatic rings. The van der Waals surface area contributed by atoms with E-state index in [1.807, 2.05) is 0 Å². The number of aromatic carboxylic acids is 1. The number of carboxylic acids is 1. The third kappa shape index (κ3) is 3.93. The predicted molar refractivity (Wildman–Crippen MR) is 93.3 cm³/mol. The zero-order valence-corrected chi connectivity index (χ0v) is 14.9. The van der Waals surface area contributed by atoms with Crippen molar-refractivity contribution in [2.75, 3.05) is 24.5 Å². The molecule has 1 aliphatic heterocycles. The van der Waals surface area contributed by atoms with Crippen molar-refractivity contribution >= 4 is 22.8 Å². The molecule has 2 N–H and O–H groups in total. The number of fused-ring (bicyclic) bond motifs is 1. The van der Waals surface area contributed by atoms with E-state index in [9.17, 15) is 27.2 Å². The Morgan fingerprint density at radius 3 is 2.75 bits per heavy atom. The lowest BCUT2D eigenvalue weighted by molar-refractivity contribution is -0.125. The lowest BCUT2D eigenvalue weighted by atomic mass is 10.2. The highest BCUT2D eigenvalue weighted by Crippen LogP contribution is 2.25. The van der Waals surface area contributed by atoms with Gasteiger partial charge in [0.15, 0.2) is 11.6 Å². The average Bonchev–Trinajstić information content (AvgIpc) is 3.08. The molecule has 3 rings (SSSR count). The van der Waals surface area contributed by atoms with E-state index in [2.05, 4.69) is 10.3 Å². The fourth-order valence-corrected chi connectivity index (χ4v) is 3.27. The van der Waals surface area contributed by atoms with E-state index in [4.69, 9.17) is 5.11 Å². The summed E-state index contributed by atoms with van der Waals surface area (Å²) in [5, 5.41) is 11.4. The minimum atomic E-state index is -4.33. The lowest BCUT2D eigenvalue weighted by Gasteiger charge is -2.20. The molecule has 0 aliphatic carbocycles. The molecule has 152 valence electrons. The number of carboxylic acid groups (broad SMARTS) is 1. The molecule has 0 aromatic carbocycles. The van der Waals surface area contributed by atoms with E-state index >= 15 is 0 Å². The maximum absolute atomic E-state index is 14.6. The van der Waals surface area contributed by atoms with Gasteiger partial charge in [-0.1, -0.05) is 0 Å². The van der Waals surface area contributed by atoms with E-state index in [0.29, 0.717) is 19.5 Å². The van der Waals surface area contributed by atoms with Gasteiger partial charge in [0.2, 0.25) is 5.43 Å². The highest BCUT2D eigenvalue weighted by atomic mass is 19.4. The Labute approximate surface area is 156 Å². The molecule has 1 unspecified atom stereocenters. The number of rotatable bonds is 5. The molecular formula is C17H18F4N4O3. The second kappa shape index (κ2) is 7.38. The van der Waals surface area contributed by atoms with Gasteiger partial charge in [0.1, 0.15) is 11.2 Å². The third-order valence-corrected chi connectivity index (χ3v) is 4.63. The zero-order chi connectivity index (χ0) is 20.6. The quantitative estimate of drug-likeness (QED) is 0.744. The van der Waals surface area contributed by atoms with Crippen molar-refractivity contribution < 1.29 is 27.5 Å². The number of carbonyl (C=O) groups is 1. The molecule has 11 heteroatoms. The molecule has 1 fully saturated rings. The van der Waals surface area contributed by atoms with Gasteiger partial charge in [0.25, 0.3) is 0 Å². The molecule has 0 saturated carbocycles. The molecule has 2 aromatic heterocycles. The molecule has 0 spiro atoms. The largest absolute Gasteiger partial charge is 0.477 e. The summed E-state index contributed by atoms with van der Waals surface area (Å²) in [5.74, 6) is -2.32. The van der Waals surface area contributed by atoms with Crippen LogP contribution in [0.2, 0.25) is 0 Å². The molecule has 0 radical (unpaired) electrons. The van der Waals surface area contributed by atoms with Crippen LogP contribution in [0.4, 0.5) is 23.4 Å². The van der Waals surface area contributed by atoms with Crippen molar-refractivity contribution in [1.82, 2.24) is 14.9 Å². The summed E-state index contributed by atoms with van der Waals surface area (Å²) in [6.45, 7) is 1.31. The normalized spacial score (nSPS) is 17.5. The number of nitrogens with zero attached hydrogens (tertiary/aromatic N) is 3. The number of hydrogen-bond acceptors (Lipinski definition) is 5. The van der Waals surface area contributed by atoms with Gasteiger partial charge in [0, 0.05) is 31.9 Å². The van der Waals surface area contributed by atoms with Gasteiger partial charge in [-0.2, -0.15) is 13.2 Å². The van der Waals surface area contributed by atoms with Crippen molar-refractivity contribution in [2.45, 2.75) is 32.1 Å². The number of hydrogen-bond donors (Lipinski definition) is 2. The Bertz CT molecular complexity index is 973. The fourth-order valence-electron chi connectivity index (χ4n) is 3.27. The number of aromatic nitrogens is 2. The van der Waals surface area contributed by atoms with Crippen LogP contribution in [0.3, 0.4) is 0 Å². The number of alkyl halides is 3. The smallest absolute Gasteiger partial charge is 0.401 e. The second-order valence-corrected chi connectivity index (χ2v) is 6.56. The lowest BCUT2D eigenvalue weighted by Crippen LogP contribution is -2.39. The SMILES string of the molecule is CCn1cc(C(=O)O)c(=O)c2cc(F)c(N3CCC(NCC(F)(F)F)C3)nc21. The van der Waals surface area contributed by atoms with E-state index in [0.717, 1.165) is 12.3 Å². The Morgan fingerprint density at radius 2 is 2.14 bits per heavy atom. The molecule has 7 nitrogen and oxygen atoms in total. The first-order chi connectivity index (χ1) is 13.1. The standard InChI is InChI=1S/C17H18F4N4O3/c1-2-24-7-11(16(27)28)13(26)10-5-12(18)15(23-14(10)24)25-4-3-9(6-25)22-8-17(19,20)21/h5,7,9,22H,2-4,6,8H2,1H3,(H,27,28). The first-order valence-corrected chi connectivity index (χ1v) is 8.62. The first kappa shape index (κ1) is 20.1. The Morgan fingerprint density at radius 1 is 1.43 bits per heavy atom. The molecule has 1 atom stereocenters. The molecule has 28 heavy (non-hydrogen) atoms. The number of aryl methyl sites for hydroxylation is 1. The van der Waals surface area contributed by atoms with E-state index < -0.39 is 41.5 Å². The predicted octanol–water partition coefficient (Wildman–Crippen LogP) is 1.98. The van der Waals surface area contributed by atoms with Crippen molar-refractivity contribution in [1.29, 1.82) is 0 Å². The minimum absolute atomic E-state index is 0.0755. The van der Waals surface area contributed by atoms with E-state index in [-0.39, 0.29) is 23.4 Å². The summed E-state index contributed by atoms with van der Waals surface area (Å²) in [4.78, 5) is 29.3. The van der Waals surface area contributed by atoms with E-state index in [1.54, 1.807) is 6.92 Å². The van der Waals surface area contributed by atoms with E-state index in [1.165, 1.54) is 9.47 Å². The number of nitrogens with one attached hydrogen (secondary N) is 1. The van der Waals surface area contributed by atoms with Crippen molar-refractivity contribution in [3.05, 3.63) is 33.9 Å². The summed E-state index contributed by atoms with van der Waals surface area (Å²) in [5.41, 5.74) is -1.20. The van der Waals surface area contributed by atoms with Gasteiger partial charge in [-0.25, -0.2) is 14.2 Å². The summed E-state index contributed by atoms with van der Waals surface area (Å²) < 4.78 is 53.1. The molecule has 0 bridgehead atoms. The number of pyridine rings is 2. The Balaban J connectivity index is 1.95. The van der Waals surface area contributed by atoms with Gasteiger partial charge in [-0.05, 0) is 19.4 Å². The van der Waals surface area contributed by atoms with Gasteiger partial charge >= 0.3 is 12.1 Å². The van der Waals surface area contributed by atoms with Gasteiger partial charge in [-0.15, -0.1) is 0 Å². The van der Waals surface area contributed by atoms with Crippen LogP contribution in [0.1, 0.15) is 23.7 Å². The minimum Gasteiger partial charge on any atom is -0.477 e. The first-order valence-electron chi connectivity index (χ1n) is 8.62. The number of anilines is 1. The van der Waals surface area contributed by atoms with Crippen LogP contribution in [-0.2, 0) is 6.54 Å². The maximum Gasteiger partial charge on any atom is 0.401 e. The van der Waals surface area contributed by atoms with Crippen LogP contribution in [-0.4, -0.2) is 52.5 Å². The van der Waals surface area contributed by atoms with Crippen LogP contribution in [0.15, 0.2) is 17.1 Å². The summed E-state index contributed by atoms with van der Waals surface area (Å²) in [6, 6.07) is 0.469. The zero-order valence-electron chi connectivity index (χ0n) is 14.9. The molecule has 0 amide bonds. The average molecular weight is 402 g/mol.